The van der Waals surface area contributed by atoms with Gasteiger partial charge in [-0.15, -0.1) is 0 Å². The number of likely N-dealkylation sites (tertiary alicyclic amines) is 1. The lowest BCUT2D eigenvalue weighted by Crippen LogP contribution is -2.38. The third-order valence-electron chi connectivity index (χ3n) is 4.44. The summed E-state index contributed by atoms with van der Waals surface area (Å²) in [6.07, 6.45) is -0.425. The van der Waals surface area contributed by atoms with Crippen molar-refractivity contribution in [3.63, 3.8) is 0 Å². The van der Waals surface area contributed by atoms with Crippen LogP contribution in [0, 0.1) is 6.92 Å². The van der Waals surface area contributed by atoms with Crippen LogP contribution in [0.15, 0.2) is 59.5 Å². The lowest BCUT2D eigenvalue weighted by molar-refractivity contribution is 0.0668. The third kappa shape index (κ3) is 3.95. The summed E-state index contributed by atoms with van der Waals surface area (Å²) in [6, 6.07) is 14.6. The van der Waals surface area contributed by atoms with E-state index in [2.05, 4.69) is 0 Å². The van der Waals surface area contributed by atoms with Gasteiger partial charge in [0, 0.05) is 12.1 Å². The van der Waals surface area contributed by atoms with Crippen molar-refractivity contribution in [2.75, 3.05) is 13.2 Å². The lowest BCUT2D eigenvalue weighted by atomic mass is 10.1. The largest absolute Gasteiger partial charge is 0.394 e. The second kappa shape index (κ2) is 7.57. The van der Waals surface area contributed by atoms with Crippen molar-refractivity contribution in [2.24, 2.45) is 0 Å². The molecule has 0 bridgehead atoms. The molecule has 0 spiro atoms. The molecule has 0 aliphatic carbocycles. The average molecular weight is 375 g/mol. The van der Waals surface area contributed by atoms with E-state index in [0.717, 1.165) is 5.56 Å². The number of aliphatic hydroxyl groups excluding tert-OH is 1. The fourth-order valence-electron chi connectivity index (χ4n) is 3.05. The van der Waals surface area contributed by atoms with Gasteiger partial charge in [-0.25, -0.2) is 0 Å². The Hall–Kier alpha value is -2.22. The van der Waals surface area contributed by atoms with Crippen molar-refractivity contribution in [2.45, 2.75) is 30.4 Å². The Kier molecular flexibility index (Phi) is 5.41. The summed E-state index contributed by atoms with van der Waals surface area (Å²) in [5.41, 5.74) is 1.44. The molecule has 6 nitrogen and oxygen atoms in total. The molecule has 1 N–H and O–H groups in total. The van der Waals surface area contributed by atoms with Crippen molar-refractivity contribution < 1.29 is 22.5 Å². The van der Waals surface area contributed by atoms with Gasteiger partial charge in [-0.2, -0.15) is 8.42 Å². The van der Waals surface area contributed by atoms with Gasteiger partial charge in [0.15, 0.2) is 0 Å². The van der Waals surface area contributed by atoms with E-state index in [4.69, 9.17) is 4.18 Å². The number of rotatable bonds is 5. The van der Waals surface area contributed by atoms with E-state index in [1.807, 2.05) is 13.0 Å². The molecule has 1 heterocycles. The number of carbonyl (C=O) groups is 1. The number of carbonyl (C=O) groups excluding carboxylic acids is 1. The molecule has 138 valence electrons. The maximum Gasteiger partial charge on any atom is 0.297 e. The number of hydrogen-bond acceptors (Lipinski definition) is 5. The van der Waals surface area contributed by atoms with Gasteiger partial charge in [-0.3, -0.25) is 8.98 Å². The number of hydrogen-bond donors (Lipinski definition) is 1. The van der Waals surface area contributed by atoms with E-state index in [0.29, 0.717) is 5.56 Å². The number of nitrogens with zero attached hydrogens (tertiary/aromatic N) is 1. The van der Waals surface area contributed by atoms with Crippen molar-refractivity contribution in [1.29, 1.82) is 0 Å². The van der Waals surface area contributed by atoms with Crippen LogP contribution in [-0.2, 0) is 14.3 Å². The Balaban J connectivity index is 1.74. The maximum absolute atomic E-state index is 12.6. The van der Waals surface area contributed by atoms with Crippen LogP contribution >= 0.6 is 0 Å². The van der Waals surface area contributed by atoms with E-state index < -0.39 is 22.3 Å². The first kappa shape index (κ1) is 18.6. The van der Waals surface area contributed by atoms with Crippen LogP contribution in [0.2, 0.25) is 0 Å². The zero-order valence-corrected chi connectivity index (χ0v) is 15.2. The molecule has 1 amide bonds. The van der Waals surface area contributed by atoms with E-state index in [1.54, 1.807) is 36.4 Å². The van der Waals surface area contributed by atoms with Crippen LogP contribution in [0.1, 0.15) is 22.3 Å². The molecule has 0 aromatic heterocycles. The summed E-state index contributed by atoms with van der Waals surface area (Å²) in [6.45, 7) is 1.74. The van der Waals surface area contributed by atoms with Gasteiger partial charge in [0.2, 0.25) is 0 Å². The van der Waals surface area contributed by atoms with Gasteiger partial charge < -0.3 is 10.0 Å². The predicted molar refractivity (Wildman–Crippen MR) is 96.2 cm³/mol. The summed E-state index contributed by atoms with van der Waals surface area (Å²) in [5.74, 6) is -0.247. The number of benzene rings is 2. The molecule has 2 aromatic rings. The number of amides is 1. The first-order valence-electron chi connectivity index (χ1n) is 8.37. The van der Waals surface area contributed by atoms with Crippen LogP contribution in [0.4, 0.5) is 0 Å². The van der Waals surface area contributed by atoms with Crippen LogP contribution in [0.25, 0.3) is 0 Å². The molecule has 1 saturated heterocycles. The van der Waals surface area contributed by atoms with Gasteiger partial charge in [0.1, 0.15) is 0 Å². The first-order valence-corrected chi connectivity index (χ1v) is 9.78. The second-order valence-electron chi connectivity index (χ2n) is 6.38. The topological polar surface area (TPSA) is 83.9 Å². The number of aryl methyl sites for hydroxylation is 1. The van der Waals surface area contributed by atoms with Crippen molar-refractivity contribution in [1.82, 2.24) is 4.90 Å². The summed E-state index contributed by atoms with van der Waals surface area (Å²) < 4.78 is 30.2. The molecule has 1 fully saturated rings. The van der Waals surface area contributed by atoms with Gasteiger partial charge in [0.05, 0.1) is 23.6 Å². The molecule has 3 rings (SSSR count). The highest BCUT2D eigenvalue weighted by Gasteiger charge is 2.38. The minimum absolute atomic E-state index is 0.0801. The molecule has 0 saturated carbocycles. The van der Waals surface area contributed by atoms with Crippen molar-refractivity contribution in [3.05, 3.63) is 65.7 Å². The molecule has 0 radical (unpaired) electrons. The van der Waals surface area contributed by atoms with Gasteiger partial charge in [-0.05, 0) is 37.6 Å². The maximum atomic E-state index is 12.6. The Labute approximate surface area is 153 Å². The third-order valence-corrected chi connectivity index (χ3v) is 5.82. The molecule has 2 unspecified atom stereocenters. The highest BCUT2D eigenvalue weighted by atomic mass is 32.2. The Morgan fingerprint density at radius 1 is 1.15 bits per heavy atom. The fraction of sp³-hybridized carbons (Fsp3) is 0.316. The summed E-state index contributed by atoms with van der Waals surface area (Å²) in [4.78, 5) is 14.2. The predicted octanol–water partition coefficient (Wildman–Crippen LogP) is 1.98. The zero-order chi connectivity index (χ0) is 18.7. The highest BCUT2D eigenvalue weighted by molar-refractivity contribution is 7.86. The zero-order valence-electron chi connectivity index (χ0n) is 14.4. The monoisotopic (exact) mass is 375 g/mol. The first-order chi connectivity index (χ1) is 12.4. The quantitative estimate of drug-likeness (QED) is 0.808. The molecule has 26 heavy (non-hydrogen) atoms. The van der Waals surface area contributed by atoms with Crippen molar-refractivity contribution >= 4 is 16.0 Å². The van der Waals surface area contributed by atoms with Gasteiger partial charge in [0.25, 0.3) is 16.0 Å². The summed E-state index contributed by atoms with van der Waals surface area (Å²) in [7, 11) is -3.93. The highest BCUT2D eigenvalue weighted by Crippen LogP contribution is 2.26. The molecule has 1 aliphatic heterocycles. The normalized spacial score (nSPS) is 20.3. The fourth-order valence-corrected chi connectivity index (χ4v) is 4.13. The van der Waals surface area contributed by atoms with Crippen LogP contribution in [-0.4, -0.2) is 49.6 Å². The Morgan fingerprint density at radius 3 is 2.42 bits per heavy atom. The van der Waals surface area contributed by atoms with Crippen LogP contribution in [0.5, 0.6) is 0 Å². The Morgan fingerprint density at radius 2 is 1.81 bits per heavy atom. The molecule has 2 atom stereocenters. The minimum Gasteiger partial charge on any atom is -0.394 e. The lowest BCUT2D eigenvalue weighted by Gasteiger charge is -2.22. The summed E-state index contributed by atoms with van der Waals surface area (Å²) >= 11 is 0. The van der Waals surface area contributed by atoms with E-state index >= 15 is 0 Å². The van der Waals surface area contributed by atoms with Gasteiger partial charge >= 0.3 is 0 Å². The average Bonchev–Trinajstić information content (AvgIpc) is 3.04. The van der Waals surface area contributed by atoms with Crippen molar-refractivity contribution in [3.8, 4) is 0 Å². The van der Waals surface area contributed by atoms with Crippen LogP contribution < -0.4 is 0 Å². The molecule has 7 heteroatoms. The SMILES string of the molecule is Cc1ccc(S(=O)(=O)OC2CC(CO)N(C(=O)c3ccccc3)C2)cc1. The minimum atomic E-state index is -3.93. The van der Waals surface area contributed by atoms with Gasteiger partial charge in [-0.1, -0.05) is 35.9 Å². The Bertz CT molecular complexity index is 865. The molecule has 1 aliphatic rings. The van der Waals surface area contributed by atoms with Crippen LogP contribution in [0.3, 0.4) is 0 Å². The van der Waals surface area contributed by atoms with E-state index in [1.165, 1.54) is 17.0 Å². The smallest absolute Gasteiger partial charge is 0.297 e. The molecule has 2 aromatic carbocycles. The standard InChI is InChI=1S/C19H21NO5S/c1-14-7-9-18(10-8-14)26(23,24)25-17-11-16(13-21)20(12-17)19(22)15-5-3-2-4-6-15/h2-10,16-17,21H,11-13H2,1H3. The van der Waals surface area contributed by atoms with E-state index in [-0.39, 0.29) is 30.4 Å². The molecular formula is C19H21NO5S. The number of aliphatic hydroxyl groups is 1. The second-order valence-corrected chi connectivity index (χ2v) is 7.95. The summed E-state index contributed by atoms with van der Waals surface area (Å²) in [5, 5.41) is 9.60. The molecular weight excluding hydrogens is 354 g/mol. The van der Waals surface area contributed by atoms with E-state index in [9.17, 15) is 18.3 Å².